The Hall–Kier alpha value is -2.03. The number of halogens is 1. The number of ketones is 1. The number of hydrogen-bond donors (Lipinski definition) is 1. The Bertz CT molecular complexity index is 895. The molecule has 0 bridgehead atoms. The Morgan fingerprint density at radius 2 is 1.63 bits per heavy atom. The summed E-state index contributed by atoms with van der Waals surface area (Å²) in [6.07, 6.45) is 0. The lowest BCUT2D eigenvalue weighted by Gasteiger charge is -2.20. The van der Waals surface area contributed by atoms with Crippen molar-refractivity contribution in [3.63, 3.8) is 0 Å². The van der Waals surface area contributed by atoms with E-state index < -0.39 is 28.6 Å². The van der Waals surface area contributed by atoms with Crippen LogP contribution in [0.3, 0.4) is 0 Å². The Morgan fingerprint density at radius 3 is 2.19 bits per heavy atom. The zero-order valence-electron chi connectivity index (χ0n) is 14.9. The molecule has 144 valence electrons. The van der Waals surface area contributed by atoms with Crippen LogP contribution in [-0.4, -0.2) is 32.8 Å². The van der Waals surface area contributed by atoms with Gasteiger partial charge in [0.05, 0.1) is 4.90 Å². The van der Waals surface area contributed by atoms with Crippen molar-refractivity contribution >= 4 is 37.7 Å². The molecule has 1 unspecified atom stereocenters. The third-order valence-corrected chi connectivity index (χ3v) is 5.75. The van der Waals surface area contributed by atoms with Crippen molar-refractivity contribution in [3.05, 3.63) is 64.6 Å². The standard InChI is InChI=1S/C19H20BrNO5S/c1-13(2)18(21-27(24,25)16-6-4-3-5-7-16)19(23)26-12-17(22)14-8-10-15(20)11-9-14/h3-11,13,18,21H,12H2,1-2H3. The molecule has 8 heteroatoms. The molecule has 0 spiro atoms. The lowest BCUT2D eigenvalue weighted by molar-refractivity contribution is -0.145. The van der Waals surface area contributed by atoms with E-state index in [-0.39, 0.29) is 16.6 Å². The zero-order valence-corrected chi connectivity index (χ0v) is 17.3. The second-order valence-electron chi connectivity index (χ2n) is 6.19. The molecule has 0 aromatic heterocycles. The largest absolute Gasteiger partial charge is 0.456 e. The van der Waals surface area contributed by atoms with Crippen LogP contribution in [0.5, 0.6) is 0 Å². The van der Waals surface area contributed by atoms with Gasteiger partial charge < -0.3 is 4.74 Å². The van der Waals surface area contributed by atoms with E-state index in [1.165, 1.54) is 12.1 Å². The fourth-order valence-corrected chi connectivity index (χ4v) is 3.86. The van der Waals surface area contributed by atoms with Gasteiger partial charge in [-0.05, 0) is 30.2 Å². The third kappa shape index (κ3) is 5.98. The highest BCUT2D eigenvalue weighted by Gasteiger charge is 2.30. The molecule has 1 atom stereocenters. The van der Waals surface area contributed by atoms with Crippen LogP contribution in [0, 0.1) is 5.92 Å². The van der Waals surface area contributed by atoms with Gasteiger partial charge in [-0.1, -0.05) is 60.1 Å². The van der Waals surface area contributed by atoms with Gasteiger partial charge in [0.25, 0.3) is 0 Å². The number of carbonyl (C=O) groups excluding carboxylic acids is 2. The number of benzene rings is 2. The lowest BCUT2D eigenvalue weighted by Crippen LogP contribution is -2.45. The van der Waals surface area contributed by atoms with Gasteiger partial charge in [-0.2, -0.15) is 4.72 Å². The van der Waals surface area contributed by atoms with Crippen LogP contribution in [-0.2, 0) is 19.6 Å². The van der Waals surface area contributed by atoms with E-state index in [9.17, 15) is 18.0 Å². The summed E-state index contributed by atoms with van der Waals surface area (Å²) >= 11 is 3.28. The normalized spacial score (nSPS) is 12.6. The molecule has 0 radical (unpaired) electrons. The first-order valence-electron chi connectivity index (χ1n) is 8.23. The second kappa shape index (κ2) is 9.25. The van der Waals surface area contributed by atoms with Gasteiger partial charge in [0.15, 0.2) is 12.4 Å². The van der Waals surface area contributed by atoms with Gasteiger partial charge in [-0.3, -0.25) is 9.59 Å². The number of hydrogen-bond acceptors (Lipinski definition) is 5. The van der Waals surface area contributed by atoms with E-state index in [0.29, 0.717) is 5.56 Å². The van der Waals surface area contributed by atoms with Crippen molar-refractivity contribution in [2.75, 3.05) is 6.61 Å². The summed E-state index contributed by atoms with van der Waals surface area (Å²) in [6, 6.07) is 13.3. The maximum atomic E-state index is 12.5. The molecule has 0 heterocycles. The summed E-state index contributed by atoms with van der Waals surface area (Å²) in [5, 5.41) is 0. The van der Waals surface area contributed by atoms with E-state index in [2.05, 4.69) is 20.7 Å². The van der Waals surface area contributed by atoms with E-state index in [1.54, 1.807) is 56.3 Å². The van der Waals surface area contributed by atoms with Crippen LogP contribution in [0.2, 0.25) is 0 Å². The minimum absolute atomic E-state index is 0.0504. The highest BCUT2D eigenvalue weighted by Crippen LogP contribution is 2.14. The Labute approximate surface area is 167 Å². The van der Waals surface area contributed by atoms with E-state index in [4.69, 9.17) is 4.74 Å². The van der Waals surface area contributed by atoms with Gasteiger partial charge in [0.2, 0.25) is 10.0 Å². The summed E-state index contributed by atoms with van der Waals surface area (Å²) in [5.74, 6) is -1.53. The van der Waals surface area contributed by atoms with Crippen molar-refractivity contribution in [2.24, 2.45) is 5.92 Å². The monoisotopic (exact) mass is 453 g/mol. The lowest BCUT2D eigenvalue weighted by atomic mass is 10.1. The van der Waals surface area contributed by atoms with Crippen molar-refractivity contribution in [1.82, 2.24) is 4.72 Å². The van der Waals surface area contributed by atoms with Crippen molar-refractivity contribution < 1.29 is 22.7 Å². The molecule has 2 aromatic rings. The molecule has 0 fully saturated rings. The first-order valence-corrected chi connectivity index (χ1v) is 10.5. The summed E-state index contributed by atoms with van der Waals surface area (Å²) in [4.78, 5) is 24.6. The Morgan fingerprint density at radius 1 is 1.04 bits per heavy atom. The molecule has 0 aliphatic rings. The molecule has 2 aromatic carbocycles. The number of sulfonamides is 1. The minimum atomic E-state index is -3.89. The number of carbonyl (C=O) groups is 2. The van der Waals surface area contributed by atoms with E-state index >= 15 is 0 Å². The quantitative estimate of drug-likeness (QED) is 0.489. The smallest absolute Gasteiger partial charge is 0.324 e. The summed E-state index contributed by atoms with van der Waals surface area (Å²) < 4.78 is 33.2. The Kier molecular flexibility index (Phi) is 7.29. The van der Waals surface area contributed by atoms with Gasteiger partial charge >= 0.3 is 5.97 Å². The first kappa shape index (κ1) is 21.3. The molecule has 0 saturated heterocycles. The van der Waals surface area contributed by atoms with Crippen LogP contribution in [0.1, 0.15) is 24.2 Å². The third-order valence-electron chi connectivity index (χ3n) is 3.77. The Balaban J connectivity index is 2.04. The van der Waals surface area contributed by atoms with Crippen LogP contribution < -0.4 is 4.72 Å². The number of ether oxygens (including phenoxy) is 1. The van der Waals surface area contributed by atoms with Crippen LogP contribution in [0.25, 0.3) is 0 Å². The van der Waals surface area contributed by atoms with Crippen LogP contribution in [0.4, 0.5) is 0 Å². The van der Waals surface area contributed by atoms with Gasteiger partial charge in [0, 0.05) is 10.0 Å². The number of esters is 1. The highest BCUT2D eigenvalue weighted by molar-refractivity contribution is 9.10. The average Bonchev–Trinajstić information content (AvgIpc) is 2.65. The SMILES string of the molecule is CC(C)C(NS(=O)(=O)c1ccccc1)C(=O)OCC(=O)c1ccc(Br)cc1. The molecule has 0 aliphatic carbocycles. The molecule has 27 heavy (non-hydrogen) atoms. The summed E-state index contributed by atoms with van der Waals surface area (Å²) in [6.45, 7) is 2.92. The number of Topliss-reactive ketones (excluding diaryl/α,β-unsaturated/α-hetero) is 1. The molecular weight excluding hydrogens is 434 g/mol. The maximum Gasteiger partial charge on any atom is 0.324 e. The van der Waals surface area contributed by atoms with Crippen LogP contribution in [0.15, 0.2) is 64.0 Å². The molecular formula is C19H20BrNO5S. The van der Waals surface area contributed by atoms with Crippen molar-refractivity contribution in [2.45, 2.75) is 24.8 Å². The average molecular weight is 454 g/mol. The zero-order chi connectivity index (χ0) is 20.0. The summed E-state index contributed by atoms with van der Waals surface area (Å²) in [5.41, 5.74) is 0.400. The van der Waals surface area contributed by atoms with Gasteiger partial charge in [-0.25, -0.2) is 8.42 Å². The first-order chi connectivity index (χ1) is 12.7. The topological polar surface area (TPSA) is 89.5 Å². The van der Waals surface area contributed by atoms with Gasteiger partial charge in [-0.15, -0.1) is 0 Å². The molecule has 0 saturated carbocycles. The second-order valence-corrected chi connectivity index (χ2v) is 8.82. The number of rotatable bonds is 8. The van der Waals surface area contributed by atoms with E-state index in [1.807, 2.05) is 0 Å². The molecule has 6 nitrogen and oxygen atoms in total. The highest BCUT2D eigenvalue weighted by atomic mass is 79.9. The molecule has 1 N–H and O–H groups in total. The maximum absolute atomic E-state index is 12.5. The number of nitrogens with one attached hydrogen (secondary N) is 1. The predicted octanol–water partition coefficient (Wildman–Crippen LogP) is 3.18. The van der Waals surface area contributed by atoms with Gasteiger partial charge in [0.1, 0.15) is 6.04 Å². The molecule has 0 aliphatic heterocycles. The summed E-state index contributed by atoms with van der Waals surface area (Å²) in [7, 11) is -3.89. The molecule has 2 rings (SSSR count). The molecule has 0 amide bonds. The predicted molar refractivity (Wildman–Crippen MR) is 105 cm³/mol. The minimum Gasteiger partial charge on any atom is -0.456 e. The van der Waals surface area contributed by atoms with Crippen molar-refractivity contribution in [1.29, 1.82) is 0 Å². The van der Waals surface area contributed by atoms with Crippen LogP contribution >= 0.6 is 15.9 Å². The fraction of sp³-hybridized carbons (Fsp3) is 0.263. The van der Waals surface area contributed by atoms with Crippen molar-refractivity contribution in [3.8, 4) is 0 Å². The fourth-order valence-electron chi connectivity index (χ4n) is 2.24. The van der Waals surface area contributed by atoms with E-state index in [0.717, 1.165) is 4.47 Å².